The minimum atomic E-state index is -0.175. The number of carbonyl (C=O) groups excluding carboxylic acids is 1. The van der Waals surface area contributed by atoms with Gasteiger partial charge in [-0.25, -0.2) is 4.98 Å². The monoisotopic (exact) mass is 266 g/mol. The summed E-state index contributed by atoms with van der Waals surface area (Å²) in [5.41, 5.74) is 2.00. The average Bonchev–Trinajstić information content (AvgIpc) is 3.23. The number of amides is 1. The van der Waals surface area contributed by atoms with E-state index in [4.69, 9.17) is 5.26 Å². The van der Waals surface area contributed by atoms with E-state index in [9.17, 15) is 4.79 Å². The van der Waals surface area contributed by atoms with Gasteiger partial charge in [-0.05, 0) is 31.0 Å². The van der Waals surface area contributed by atoms with E-state index in [1.54, 1.807) is 30.5 Å². The first kappa shape index (κ1) is 12.4. The molecule has 5 nitrogen and oxygen atoms in total. The summed E-state index contributed by atoms with van der Waals surface area (Å²) < 4.78 is 2.12. The minimum Gasteiger partial charge on any atom is -0.346 e. The first-order valence-corrected chi connectivity index (χ1v) is 6.57. The molecule has 2 aromatic rings. The third-order valence-electron chi connectivity index (χ3n) is 3.37. The molecule has 1 fully saturated rings. The highest BCUT2D eigenvalue weighted by atomic mass is 16.1. The first-order valence-electron chi connectivity index (χ1n) is 6.57. The van der Waals surface area contributed by atoms with Gasteiger partial charge in [0, 0.05) is 17.8 Å². The van der Waals surface area contributed by atoms with Crippen LogP contribution >= 0.6 is 0 Å². The highest BCUT2D eigenvalue weighted by Crippen LogP contribution is 2.35. The van der Waals surface area contributed by atoms with Crippen molar-refractivity contribution >= 4 is 5.91 Å². The van der Waals surface area contributed by atoms with Gasteiger partial charge in [0.25, 0.3) is 5.91 Å². The molecule has 0 saturated heterocycles. The van der Waals surface area contributed by atoms with Gasteiger partial charge in [0.1, 0.15) is 0 Å². The van der Waals surface area contributed by atoms with E-state index >= 15 is 0 Å². The zero-order valence-electron chi connectivity index (χ0n) is 10.9. The zero-order chi connectivity index (χ0) is 13.9. The van der Waals surface area contributed by atoms with Crippen molar-refractivity contribution in [3.63, 3.8) is 0 Å². The number of nitrogens with zero attached hydrogens (tertiary/aromatic N) is 3. The predicted octanol–water partition coefficient (Wildman–Crippen LogP) is 2.02. The Hall–Kier alpha value is -2.61. The van der Waals surface area contributed by atoms with Crippen LogP contribution in [0.25, 0.3) is 0 Å². The molecule has 5 heteroatoms. The van der Waals surface area contributed by atoms with Crippen molar-refractivity contribution < 1.29 is 4.79 Å². The molecular weight excluding hydrogens is 252 g/mol. The molecule has 20 heavy (non-hydrogen) atoms. The second-order valence-electron chi connectivity index (χ2n) is 4.90. The molecule has 1 amide bonds. The van der Waals surface area contributed by atoms with Crippen LogP contribution in [0.1, 0.15) is 40.5 Å². The van der Waals surface area contributed by atoms with Gasteiger partial charge >= 0.3 is 0 Å². The zero-order valence-corrected chi connectivity index (χ0v) is 10.9. The van der Waals surface area contributed by atoms with E-state index in [2.05, 4.69) is 14.9 Å². The van der Waals surface area contributed by atoms with Gasteiger partial charge in [-0.15, -0.1) is 0 Å². The Morgan fingerprint density at radius 2 is 2.35 bits per heavy atom. The third kappa shape index (κ3) is 2.54. The third-order valence-corrected chi connectivity index (χ3v) is 3.37. The second-order valence-corrected chi connectivity index (χ2v) is 4.90. The van der Waals surface area contributed by atoms with Gasteiger partial charge in [0.2, 0.25) is 0 Å². The fraction of sp³-hybridized carbons (Fsp3) is 0.267. The van der Waals surface area contributed by atoms with Crippen molar-refractivity contribution in [1.82, 2.24) is 14.9 Å². The summed E-state index contributed by atoms with van der Waals surface area (Å²) in [6.45, 7) is 0.451. The molecule has 0 unspecified atom stereocenters. The first-order chi connectivity index (χ1) is 9.78. The quantitative estimate of drug-likeness (QED) is 0.920. The van der Waals surface area contributed by atoms with Gasteiger partial charge in [-0.3, -0.25) is 4.79 Å². The number of nitriles is 1. The highest BCUT2D eigenvalue weighted by molar-refractivity contribution is 5.94. The van der Waals surface area contributed by atoms with Crippen LogP contribution in [0.3, 0.4) is 0 Å². The summed E-state index contributed by atoms with van der Waals surface area (Å²) in [5.74, 6) is -0.175. The number of benzene rings is 1. The summed E-state index contributed by atoms with van der Waals surface area (Å²) in [4.78, 5) is 16.2. The fourth-order valence-corrected chi connectivity index (χ4v) is 2.15. The second kappa shape index (κ2) is 5.17. The smallest absolute Gasteiger partial charge is 0.251 e. The maximum absolute atomic E-state index is 12.1. The molecular formula is C15H14N4O. The number of hydrogen-bond acceptors (Lipinski definition) is 3. The number of nitrogens with one attached hydrogen (secondary N) is 1. The Morgan fingerprint density at radius 3 is 3.10 bits per heavy atom. The molecule has 1 aliphatic rings. The number of hydrogen-bond donors (Lipinski definition) is 1. The van der Waals surface area contributed by atoms with Crippen LogP contribution in [0.2, 0.25) is 0 Å². The van der Waals surface area contributed by atoms with Crippen molar-refractivity contribution in [2.24, 2.45) is 0 Å². The summed E-state index contributed by atoms with van der Waals surface area (Å²) in [6, 6.07) is 9.26. The van der Waals surface area contributed by atoms with Crippen LogP contribution in [0, 0.1) is 11.3 Å². The largest absolute Gasteiger partial charge is 0.346 e. The molecule has 1 heterocycles. The molecule has 3 rings (SSSR count). The van der Waals surface area contributed by atoms with Crippen LogP contribution in [0.4, 0.5) is 0 Å². The van der Waals surface area contributed by atoms with Crippen LogP contribution in [0.15, 0.2) is 36.8 Å². The van der Waals surface area contributed by atoms with Gasteiger partial charge in [0.05, 0.1) is 30.2 Å². The van der Waals surface area contributed by atoms with Crippen LogP contribution < -0.4 is 5.32 Å². The fourth-order valence-electron chi connectivity index (χ4n) is 2.15. The highest BCUT2D eigenvalue weighted by Gasteiger charge is 2.25. The normalized spacial score (nSPS) is 13.8. The Kier molecular flexibility index (Phi) is 3.21. The Balaban J connectivity index is 1.67. The molecule has 1 aliphatic carbocycles. The van der Waals surface area contributed by atoms with Crippen molar-refractivity contribution in [2.75, 3.05) is 0 Å². The van der Waals surface area contributed by atoms with E-state index in [1.165, 1.54) is 12.8 Å². The molecule has 1 aromatic carbocycles. The lowest BCUT2D eigenvalue weighted by atomic mass is 10.1. The minimum absolute atomic E-state index is 0.175. The standard InChI is InChI=1S/C15H14N4O/c16-7-11-2-1-3-12(6-11)15(20)18-9-14-8-17-10-19(14)13-4-5-13/h1-3,6,8,10,13H,4-5,9H2,(H,18,20). The lowest BCUT2D eigenvalue weighted by molar-refractivity contribution is 0.0950. The molecule has 100 valence electrons. The van der Waals surface area contributed by atoms with Gasteiger partial charge in [-0.1, -0.05) is 6.07 Å². The molecule has 1 N–H and O–H groups in total. The van der Waals surface area contributed by atoms with E-state index < -0.39 is 0 Å². The van der Waals surface area contributed by atoms with Crippen LogP contribution in [0.5, 0.6) is 0 Å². The van der Waals surface area contributed by atoms with Gasteiger partial charge in [0.15, 0.2) is 0 Å². The van der Waals surface area contributed by atoms with Crippen LogP contribution in [-0.2, 0) is 6.54 Å². The Morgan fingerprint density at radius 1 is 1.50 bits per heavy atom. The lowest BCUT2D eigenvalue weighted by Crippen LogP contribution is -2.24. The van der Waals surface area contributed by atoms with E-state index in [0.717, 1.165) is 5.69 Å². The predicted molar refractivity (Wildman–Crippen MR) is 72.8 cm³/mol. The summed E-state index contributed by atoms with van der Waals surface area (Å²) in [7, 11) is 0. The van der Waals surface area contributed by atoms with Crippen molar-refractivity contribution in [1.29, 1.82) is 5.26 Å². The van der Waals surface area contributed by atoms with Crippen LogP contribution in [-0.4, -0.2) is 15.5 Å². The van der Waals surface area contributed by atoms with Gasteiger partial charge in [-0.2, -0.15) is 5.26 Å². The number of imidazole rings is 1. The van der Waals surface area contributed by atoms with E-state index in [1.807, 2.05) is 12.4 Å². The summed E-state index contributed by atoms with van der Waals surface area (Å²) in [5, 5.41) is 11.7. The number of carbonyl (C=O) groups is 1. The van der Waals surface area contributed by atoms with Crippen molar-refractivity contribution in [3.8, 4) is 6.07 Å². The van der Waals surface area contributed by atoms with Gasteiger partial charge < -0.3 is 9.88 Å². The van der Waals surface area contributed by atoms with Crippen molar-refractivity contribution in [2.45, 2.75) is 25.4 Å². The topological polar surface area (TPSA) is 70.7 Å². The molecule has 0 spiro atoms. The Labute approximate surface area is 116 Å². The lowest BCUT2D eigenvalue weighted by Gasteiger charge is -2.08. The Bertz CT molecular complexity index is 679. The summed E-state index contributed by atoms with van der Waals surface area (Å²) >= 11 is 0. The summed E-state index contributed by atoms with van der Waals surface area (Å²) in [6.07, 6.45) is 5.96. The molecule has 0 atom stereocenters. The van der Waals surface area contributed by atoms with E-state index in [0.29, 0.717) is 23.7 Å². The number of rotatable bonds is 4. The SMILES string of the molecule is N#Cc1cccc(C(=O)NCc2cncn2C2CC2)c1. The molecule has 0 radical (unpaired) electrons. The maximum Gasteiger partial charge on any atom is 0.251 e. The molecule has 1 saturated carbocycles. The number of aromatic nitrogens is 2. The van der Waals surface area contributed by atoms with Crippen molar-refractivity contribution in [3.05, 3.63) is 53.6 Å². The molecule has 0 aliphatic heterocycles. The molecule has 1 aromatic heterocycles. The molecule has 0 bridgehead atoms. The van der Waals surface area contributed by atoms with E-state index in [-0.39, 0.29) is 5.91 Å². The maximum atomic E-state index is 12.1. The average molecular weight is 266 g/mol.